The molecule has 1 heterocycles. The zero-order valence-corrected chi connectivity index (χ0v) is 12.1. The molecule has 0 aromatic heterocycles. The van der Waals surface area contributed by atoms with Crippen LogP contribution in [0.4, 0.5) is 0 Å². The third-order valence-electron chi connectivity index (χ3n) is 3.78. The molecule has 1 aromatic rings. The van der Waals surface area contributed by atoms with Crippen LogP contribution in [-0.2, 0) is 0 Å². The van der Waals surface area contributed by atoms with Gasteiger partial charge in [-0.05, 0) is 50.6 Å². The summed E-state index contributed by atoms with van der Waals surface area (Å²) < 4.78 is 6.28. The summed E-state index contributed by atoms with van der Waals surface area (Å²) in [5.74, 6) is 0.800. The molecule has 0 saturated carbocycles. The maximum atomic E-state index is 12.5. The Morgan fingerprint density at radius 3 is 2.37 bits per heavy atom. The SMILES string of the molecule is C=C(C)C1CC(C)(C)C(c2ccc(OC)cc2)=[N+]1[O-]. The van der Waals surface area contributed by atoms with Crippen molar-refractivity contribution in [1.29, 1.82) is 0 Å². The smallest absolute Gasteiger partial charge is 0.200 e. The van der Waals surface area contributed by atoms with Crippen molar-refractivity contribution in [3.63, 3.8) is 0 Å². The van der Waals surface area contributed by atoms with Gasteiger partial charge in [0.2, 0.25) is 5.71 Å². The van der Waals surface area contributed by atoms with Crippen LogP contribution in [-0.4, -0.2) is 23.6 Å². The highest BCUT2D eigenvalue weighted by molar-refractivity contribution is 6.01. The molecule has 3 nitrogen and oxygen atoms in total. The minimum atomic E-state index is -0.139. The van der Waals surface area contributed by atoms with Crippen LogP contribution in [0, 0.1) is 10.6 Å². The van der Waals surface area contributed by atoms with E-state index in [9.17, 15) is 5.21 Å². The van der Waals surface area contributed by atoms with Gasteiger partial charge in [0.1, 0.15) is 5.75 Å². The summed E-state index contributed by atoms with van der Waals surface area (Å²) >= 11 is 0. The highest BCUT2D eigenvalue weighted by Crippen LogP contribution is 2.37. The highest BCUT2D eigenvalue weighted by atomic mass is 16.5. The molecule has 0 radical (unpaired) electrons. The van der Waals surface area contributed by atoms with E-state index < -0.39 is 0 Å². The average Bonchev–Trinajstić information content (AvgIpc) is 2.60. The van der Waals surface area contributed by atoms with Crippen LogP contribution in [0.3, 0.4) is 0 Å². The summed E-state index contributed by atoms with van der Waals surface area (Å²) in [5.41, 5.74) is 2.58. The predicted molar refractivity (Wildman–Crippen MR) is 77.7 cm³/mol. The Kier molecular flexibility index (Phi) is 3.40. The lowest BCUT2D eigenvalue weighted by molar-refractivity contribution is -0.480. The summed E-state index contributed by atoms with van der Waals surface area (Å²) in [6.07, 6.45) is 0.813. The van der Waals surface area contributed by atoms with E-state index in [1.165, 1.54) is 0 Å². The lowest BCUT2D eigenvalue weighted by atomic mass is 9.81. The number of methoxy groups -OCH3 is 1. The maximum absolute atomic E-state index is 12.5. The summed E-state index contributed by atoms with van der Waals surface area (Å²) in [6, 6.07) is 7.55. The fourth-order valence-corrected chi connectivity index (χ4v) is 2.76. The van der Waals surface area contributed by atoms with Gasteiger partial charge < -0.3 is 9.94 Å². The zero-order valence-electron chi connectivity index (χ0n) is 12.1. The molecule has 0 N–H and O–H groups in total. The van der Waals surface area contributed by atoms with Crippen LogP contribution in [0.2, 0.25) is 0 Å². The Labute approximate surface area is 114 Å². The lowest BCUT2D eigenvalue weighted by Gasteiger charge is -2.16. The van der Waals surface area contributed by atoms with E-state index in [1.54, 1.807) is 7.11 Å². The molecular formula is C16H21NO2. The van der Waals surface area contributed by atoms with Gasteiger partial charge in [0, 0.05) is 12.0 Å². The van der Waals surface area contributed by atoms with Gasteiger partial charge in [-0.25, -0.2) is 4.74 Å². The molecule has 19 heavy (non-hydrogen) atoms. The van der Waals surface area contributed by atoms with Gasteiger partial charge in [0.15, 0.2) is 6.04 Å². The fraction of sp³-hybridized carbons (Fsp3) is 0.438. The van der Waals surface area contributed by atoms with Crippen molar-refractivity contribution in [2.45, 2.75) is 33.2 Å². The normalized spacial score (nSPS) is 21.6. The number of hydrogen-bond donors (Lipinski definition) is 0. The number of rotatable bonds is 3. The van der Waals surface area contributed by atoms with Crippen molar-refractivity contribution in [3.05, 3.63) is 47.2 Å². The summed E-state index contributed by atoms with van der Waals surface area (Å²) in [5, 5.41) is 12.5. The Morgan fingerprint density at radius 2 is 1.95 bits per heavy atom. The van der Waals surface area contributed by atoms with Crippen LogP contribution in [0.25, 0.3) is 0 Å². The van der Waals surface area contributed by atoms with Crippen molar-refractivity contribution in [1.82, 2.24) is 0 Å². The van der Waals surface area contributed by atoms with Crippen LogP contribution in [0.1, 0.15) is 32.8 Å². The van der Waals surface area contributed by atoms with Crippen LogP contribution in [0.15, 0.2) is 36.4 Å². The fourth-order valence-electron chi connectivity index (χ4n) is 2.76. The topological polar surface area (TPSA) is 35.3 Å². The van der Waals surface area contributed by atoms with E-state index in [1.807, 2.05) is 31.2 Å². The van der Waals surface area contributed by atoms with E-state index in [-0.39, 0.29) is 11.5 Å². The molecular weight excluding hydrogens is 238 g/mol. The van der Waals surface area contributed by atoms with Gasteiger partial charge in [-0.2, -0.15) is 0 Å². The molecule has 1 unspecified atom stereocenters. The van der Waals surface area contributed by atoms with Gasteiger partial charge in [-0.1, -0.05) is 6.58 Å². The predicted octanol–water partition coefficient (Wildman–Crippen LogP) is 3.37. The Morgan fingerprint density at radius 1 is 1.37 bits per heavy atom. The zero-order chi connectivity index (χ0) is 14.2. The number of benzene rings is 1. The standard InChI is InChI=1S/C16H21NO2/c1-11(2)14-10-16(3,4)15(17(14)18)12-6-8-13(19-5)9-7-12/h6-9,14H,1,10H2,2-5H3. The number of ether oxygens (including phenoxy) is 1. The van der Waals surface area contributed by atoms with E-state index in [0.29, 0.717) is 0 Å². The second-order valence-electron chi connectivity index (χ2n) is 5.85. The van der Waals surface area contributed by atoms with Gasteiger partial charge in [0.05, 0.1) is 12.5 Å². The van der Waals surface area contributed by atoms with Crippen molar-refractivity contribution in [2.24, 2.45) is 5.41 Å². The van der Waals surface area contributed by atoms with E-state index in [2.05, 4.69) is 20.4 Å². The first-order valence-electron chi connectivity index (χ1n) is 6.50. The van der Waals surface area contributed by atoms with Gasteiger partial charge in [0.25, 0.3) is 0 Å². The first kappa shape index (κ1) is 13.7. The van der Waals surface area contributed by atoms with E-state index in [4.69, 9.17) is 4.74 Å². The Balaban J connectivity index is 2.47. The molecule has 0 spiro atoms. The lowest BCUT2D eigenvalue weighted by Crippen LogP contribution is -2.24. The molecule has 0 amide bonds. The van der Waals surface area contributed by atoms with Crippen LogP contribution >= 0.6 is 0 Å². The van der Waals surface area contributed by atoms with Crippen molar-refractivity contribution < 1.29 is 9.48 Å². The molecule has 1 aliphatic rings. The minimum Gasteiger partial charge on any atom is -0.623 e. The molecule has 0 saturated heterocycles. The average molecular weight is 259 g/mol. The van der Waals surface area contributed by atoms with E-state index in [0.717, 1.165) is 33.8 Å². The van der Waals surface area contributed by atoms with Crippen molar-refractivity contribution in [3.8, 4) is 5.75 Å². The summed E-state index contributed by atoms with van der Waals surface area (Å²) in [4.78, 5) is 0. The monoisotopic (exact) mass is 259 g/mol. The molecule has 0 fully saturated rings. The largest absolute Gasteiger partial charge is 0.623 e. The molecule has 1 atom stereocenters. The molecule has 0 aliphatic carbocycles. The molecule has 1 aliphatic heterocycles. The second-order valence-corrected chi connectivity index (χ2v) is 5.85. The van der Waals surface area contributed by atoms with Crippen molar-refractivity contribution >= 4 is 5.71 Å². The molecule has 1 aromatic carbocycles. The van der Waals surface area contributed by atoms with Gasteiger partial charge in [-0.15, -0.1) is 0 Å². The summed E-state index contributed by atoms with van der Waals surface area (Å²) in [7, 11) is 1.64. The highest BCUT2D eigenvalue weighted by Gasteiger charge is 2.45. The Bertz CT molecular complexity index is 526. The molecule has 2 rings (SSSR count). The van der Waals surface area contributed by atoms with Crippen LogP contribution in [0.5, 0.6) is 5.75 Å². The molecule has 3 heteroatoms. The third-order valence-corrected chi connectivity index (χ3v) is 3.78. The summed E-state index contributed by atoms with van der Waals surface area (Å²) in [6.45, 7) is 10.1. The van der Waals surface area contributed by atoms with Gasteiger partial charge in [-0.3, -0.25) is 0 Å². The second kappa shape index (κ2) is 4.72. The third kappa shape index (κ3) is 2.37. The van der Waals surface area contributed by atoms with Gasteiger partial charge >= 0.3 is 0 Å². The first-order chi connectivity index (χ1) is 8.86. The first-order valence-corrected chi connectivity index (χ1v) is 6.50. The van der Waals surface area contributed by atoms with Crippen LogP contribution < -0.4 is 4.74 Å². The molecule has 102 valence electrons. The maximum Gasteiger partial charge on any atom is 0.200 e. The minimum absolute atomic E-state index is 0.118. The quantitative estimate of drug-likeness (QED) is 0.474. The van der Waals surface area contributed by atoms with Crippen molar-refractivity contribution in [2.75, 3.05) is 7.11 Å². The number of hydroxylamine groups is 1. The number of hydrogen-bond acceptors (Lipinski definition) is 2. The molecule has 0 bridgehead atoms. The van der Waals surface area contributed by atoms with E-state index >= 15 is 0 Å². The Hall–Kier alpha value is -1.77. The number of nitrogens with zero attached hydrogens (tertiary/aromatic N) is 1.